The molecule has 0 aromatic carbocycles. The number of hydrogen-bond donors (Lipinski definition) is 5. The van der Waals surface area contributed by atoms with Crippen molar-refractivity contribution in [1.29, 1.82) is 0 Å². The minimum Gasteiger partial charge on any atom is -0.766 e. The Bertz CT molecular complexity index is 1040. The first-order valence-corrected chi connectivity index (χ1v) is 12.8. The molecule has 1 saturated heterocycles. The van der Waals surface area contributed by atoms with Crippen molar-refractivity contribution in [2.45, 2.75) is 30.6 Å². The maximum absolute atomic E-state index is 11.8. The van der Waals surface area contributed by atoms with Crippen LogP contribution in [0.3, 0.4) is 0 Å². The number of nitrogens with zero attached hydrogens (tertiary/aromatic N) is 4. The van der Waals surface area contributed by atoms with E-state index in [0.29, 0.717) is 4.86 Å². The SMILES string of the molecule is NC1=NC(=O)C2N=CN(C3OC(COP(=O)([O-])OP(=O)([O-])NP(=O)([O-])O)C(O)C3O)C2=N1.[Na+].[Na+].[Na+]. The summed E-state index contributed by atoms with van der Waals surface area (Å²) in [6, 6.07) is -1.16. The molecular formula is C10H14N6Na3O13P3. The predicted molar refractivity (Wildman–Crippen MR) is 94.1 cm³/mol. The van der Waals surface area contributed by atoms with E-state index in [1.165, 1.54) is 0 Å². The summed E-state index contributed by atoms with van der Waals surface area (Å²) in [6.45, 7) is -1.09. The number of phosphoric ester groups is 1. The molecule has 0 spiro atoms. The third kappa shape index (κ3) is 9.61. The van der Waals surface area contributed by atoms with Gasteiger partial charge in [0.05, 0.1) is 12.9 Å². The van der Waals surface area contributed by atoms with Gasteiger partial charge in [0.15, 0.2) is 18.1 Å². The Kier molecular flexibility index (Phi) is 14.4. The van der Waals surface area contributed by atoms with Gasteiger partial charge in [-0.05, 0) is 0 Å². The molecular weight excluding hydrogens is 574 g/mol. The average Bonchev–Trinajstić information content (AvgIpc) is 3.12. The van der Waals surface area contributed by atoms with Gasteiger partial charge in [-0.2, -0.15) is 14.8 Å². The van der Waals surface area contributed by atoms with Gasteiger partial charge in [-0.15, -0.1) is 0 Å². The molecule has 3 heterocycles. The van der Waals surface area contributed by atoms with Crippen molar-refractivity contribution in [2.24, 2.45) is 20.7 Å². The van der Waals surface area contributed by atoms with E-state index >= 15 is 0 Å². The Hall–Kier alpha value is 1.57. The molecule has 0 radical (unpaired) electrons. The van der Waals surface area contributed by atoms with Gasteiger partial charge in [-0.1, -0.05) is 0 Å². The molecule has 180 valence electrons. The van der Waals surface area contributed by atoms with Gasteiger partial charge < -0.3 is 44.8 Å². The van der Waals surface area contributed by atoms with Crippen LogP contribution in [0.1, 0.15) is 0 Å². The van der Waals surface area contributed by atoms with Gasteiger partial charge in [0.2, 0.25) is 21.5 Å². The van der Waals surface area contributed by atoms with E-state index in [1.54, 1.807) is 0 Å². The number of hydrogen-bond acceptors (Lipinski definition) is 16. The number of phosphoric acid groups is 1. The van der Waals surface area contributed by atoms with E-state index < -0.39 is 72.4 Å². The van der Waals surface area contributed by atoms with E-state index in [1.807, 2.05) is 0 Å². The Morgan fingerprint density at radius 2 is 1.74 bits per heavy atom. The minimum absolute atomic E-state index is 0. The van der Waals surface area contributed by atoms with Crippen LogP contribution in [-0.2, 0) is 32.1 Å². The largest absolute Gasteiger partial charge is 1.00 e. The van der Waals surface area contributed by atoms with Crippen LogP contribution in [-0.4, -0.2) is 81.2 Å². The first-order chi connectivity index (χ1) is 14.6. The molecule has 19 nitrogen and oxygen atoms in total. The van der Waals surface area contributed by atoms with Gasteiger partial charge in [-0.25, -0.2) is 0 Å². The molecule has 35 heavy (non-hydrogen) atoms. The van der Waals surface area contributed by atoms with Gasteiger partial charge in [0.1, 0.15) is 18.3 Å². The monoisotopic (exact) mass is 588 g/mol. The number of ether oxygens (including phenoxy) is 1. The summed E-state index contributed by atoms with van der Waals surface area (Å²) < 4.78 is 46.6. The number of fused-ring (bicyclic) bond motifs is 1. The first kappa shape index (κ1) is 36.6. The van der Waals surface area contributed by atoms with Crippen molar-refractivity contribution in [3.63, 3.8) is 0 Å². The zero-order chi connectivity index (χ0) is 24.1. The molecule has 0 aromatic heterocycles. The number of amidine groups is 1. The normalized spacial score (nSPS) is 32.5. The van der Waals surface area contributed by atoms with E-state index in [-0.39, 0.29) is 94.5 Å². The van der Waals surface area contributed by atoms with E-state index in [0.717, 1.165) is 11.2 Å². The Morgan fingerprint density at radius 3 is 2.31 bits per heavy atom. The topological polar surface area (TPSA) is 304 Å². The molecule has 8 atom stereocenters. The number of amides is 1. The maximum Gasteiger partial charge on any atom is 1.00 e. The van der Waals surface area contributed by atoms with Crippen molar-refractivity contribution in [3.8, 4) is 0 Å². The summed E-state index contributed by atoms with van der Waals surface area (Å²) in [6.07, 6.45) is -5.47. The van der Waals surface area contributed by atoms with Gasteiger partial charge in [0.25, 0.3) is 13.7 Å². The van der Waals surface area contributed by atoms with Crippen LogP contribution >= 0.6 is 23.3 Å². The Morgan fingerprint density at radius 1 is 1.14 bits per heavy atom. The summed E-state index contributed by atoms with van der Waals surface area (Å²) in [7, 11) is -17.3. The standard InChI is InChI=1S/C10H17N6O13P3.3Na/c11-10-13-7-4(8(19)14-10)12-2-16(7)9-6(18)5(17)3(28-9)1-27-32(25,26)29-31(23,24)15-30(20,21)22;;;/h2-6,9,17-18H,1H2,(H,25,26)(H2,11,14,19)(H4,15,20,21,22,23,24);;;/q;3*+1/p-3. The van der Waals surface area contributed by atoms with Crippen LogP contribution < -0.4 is 114 Å². The molecule has 0 saturated carbocycles. The molecule has 25 heteroatoms. The molecule has 3 rings (SSSR count). The number of guanidine groups is 1. The van der Waals surface area contributed by atoms with Crippen molar-refractivity contribution in [3.05, 3.63) is 0 Å². The maximum atomic E-state index is 11.8. The van der Waals surface area contributed by atoms with E-state index in [2.05, 4.69) is 23.8 Å². The molecule has 0 aliphatic carbocycles. The van der Waals surface area contributed by atoms with Crippen molar-refractivity contribution in [1.82, 2.24) is 9.76 Å². The summed E-state index contributed by atoms with van der Waals surface area (Å²) in [5.41, 5.74) is 5.42. The number of nitrogens with two attached hydrogens (primary N) is 1. The van der Waals surface area contributed by atoms with Crippen LogP contribution in [0.2, 0.25) is 0 Å². The number of aliphatic imine (C=N–C) groups is 3. The molecule has 6 N–H and O–H groups in total. The molecule has 3 aliphatic rings. The van der Waals surface area contributed by atoms with Crippen LogP contribution in [0.5, 0.6) is 0 Å². The van der Waals surface area contributed by atoms with E-state index in [9.17, 15) is 43.4 Å². The first-order valence-electron chi connectivity index (χ1n) is 8.20. The van der Waals surface area contributed by atoms with Gasteiger partial charge in [-0.3, -0.25) is 32.7 Å². The average molecular weight is 588 g/mol. The summed E-state index contributed by atoms with van der Waals surface area (Å²) in [4.78, 5) is 66.4. The molecule has 0 aromatic rings. The fraction of sp³-hybridized carbons (Fsp3) is 0.600. The zero-order valence-electron chi connectivity index (χ0n) is 18.3. The third-order valence-corrected chi connectivity index (χ3v) is 8.12. The minimum atomic E-state index is -5.86. The molecule has 1 fully saturated rings. The Labute approximate surface area is 262 Å². The van der Waals surface area contributed by atoms with Crippen LogP contribution in [0.4, 0.5) is 0 Å². The van der Waals surface area contributed by atoms with Crippen LogP contribution in [0.15, 0.2) is 15.0 Å². The number of rotatable bonds is 8. The second-order valence-corrected chi connectivity index (χ2v) is 11.0. The van der Waals surface area contributed by atoms with Crippen LogP contribution in [0, 0.1) is 0 Å². The van der Waals surface area contributed by atoms with Crippen molar-refractivity contribution < 1.29 is 151 Å². The summed E-state index contributed by atoms with van der Waals surface area (Å²) in [5, 5.41) is 20.4. The molecule has 3 aliphatic heterocycles. The number of aliphatic hydroxyl groups excluding tert-OH is 2. The summed E-state index contributed by atoms with van der Waals surface area (Å²) >= 11 is 0. The molecule has 1 amide bonds. The quantitative estimate of drug-likeness (QED) is 0.130. The number of carbonyl (C=O) groups excluding carboxylic acids is 1. The smallest absolute Gasteiger partial charge is 0.766 e. The number of aliphatic hydroxyl groups is 2. The second-order valence-electron chi connectivity index (χ2n) is 6.34. The second kappa shape index (κ2) is 13.8. The number of carbonyl (C=O) groups is 1. The zero-order valence-corrected chi connectivity index (χ0v) is 27.0. The fourth-order valence-electron chi connectivity index (χ4n) is 2.80. The van der Waals surface area contributed by atoms with Gasteiger partial charge >= 0.3 is 88.7 Å². The molecule has 0 bridgehead atoms. The number of nitrogens with one attached hydrogen (secondary N) is 1. The fourth-order valence-corrected chi connectivity index (χ4v) is 6.08. The molecule has 8 unspecified atom stereocenters. The predicted octanol–water partition coefficient (Wildman–Crippen LogP) is -14.6. The summed E-state index contributed by atoms with van der Waals surface area (Å²) in [5.74, 6) is -1.22. The van der Waals surface area contributed by atoms with Gasteiger partial charge in [0, 0.05) is 0 Å². The van der Waals surface area contributed by atoms with E-state index in [4.69, 9.17) is 15.4 Å². The third-order valence-electron chi connectivity index (χ3n) is 4.00. The van der Waals surface area contributed by atoms with Crippen LogP contribution in [0.25, 0.3) is 0 Å². The van der Waals surface area contributed by atoms with Crippen molar-refractivity contribution >= 4 is 47.4 Å². The van der Waals surface area contributed by atoms with Crippen molar-refractivity contribution in [2.75, 3.05) is 6.61 Å². The Balaban J connectivity index is 0.00000385.